The largest absolute Gasteiger partial charge is 0.348 e. The molecule has 0 aliphatic carbocycles. The molecule has 1 aromatic heterocycles. The van der Waals surface area contributed by atoms with Crippen molar-refractivity contribution in [3.63, 3.8) is 0 Å². The lowest BCUT2D eigenvalue weighted by molar-refractivity contribution is -0.131. The molecule has 126 valence electrons. The highest BCUT2D eigenvalue weighted by Gasteiger charge is 2.30. The van der Waals surface area contributed by atoms with Gasteiger partial charge in [0.15, 0.2) is 0 Å². The minimum absolute atomic E-state index is 0.0746. The van der Waals surface area contributed by atoms with E-state index in [9.17, 15) is 9.59 Å². The number of hydrogen-bond donors (Lipinski definition) is 1. The van der Waals surface area contributed by atoms with Crippen LogP contribution in [0.5, 0.6) is 0 Å². The molecule has 3 rings (SSSR count). The fourth-order valence-corrected chi connectivity index (χ4v) is 3.90. The van der Waals surface area contributed by atoms with Crippen molar-refractivity contribution in [2.45, 2.75) is 38.8 Å². The van der Waals surface area contributed by atoms with Crippen molar-refractivity contribution in [1.29, 1.82) is 0 Å². The van der Waals surface area contributed by atoms with E-state index in [-0.39, 0.29) is 18.0 Å². The van der Waals surface area contributed by atoms with E-state index < -0.39 is 0 Å². The first-order valence-corrected chi connectivity index (χ1v) is 9.00. The number of aromatic nitrogens is 1. The first-order valence-electron chi connectivity index (χ1n) is 8.12. The number of hydrogen-bond acceptors (Lipinski definition) is 4. The maximum Gasteiger partial charge on any atom is 0.243 e. The molecule has 0 unspecified atom stereocenters. The van der Waals surface area contributed by atoms with Gasteiger partial charge < -0.3 is 10.2 Å². The van der Waals surface area contributed by atoms with Gasteiger partial charge in [-0.1, -0.05) is 24.3 Å². The van der Waals surface area contributed by atoms with Crippen LogP contribution >= 0.6 is 11.3 Å². The molecule has 24 heavy (non-hydrogen) atoms. The summed E-state index contributed by atoms with van der Waals surface area (Å²) in [6.07, 6.45) is 2.39. The number of aryl methyl sites for hydroxylation is 1. The maximum atomic E-state index is 12.4. The number of carbonyl (C=O) groups excluding carboxylic acids is 2. The Hall–Kier alpha value is -2.21. The first-order chi connectivity index (χ1) is 11.6. The Balaban J connectivity index is 1.67. The molecular formula is C18H21N3O2S. The molecule has 0 saturated carbocycles. The standard InChI is InChI=1S/C18H21N3O2S/c1-12(20-18(23)16-4-3-9-21(16)11-22)14-5-7-15(8-6-14)17-13(2)19-10-24-17/h5-8,10-12,16H,3-4,9H2,1-2H3,(H,20,23)/t12-,16-/m0/s1. The van der Waals surface area contributed by atoms with Crippen LogP contribution in [0.2, 0.25) is 0 Å². The van der Waals surface area contributed by atoms with Crippen LogP contribution in [0.1, 0.15) is 37.1 Å². The molecule has 2 heterocycles. The molecule has 0 spiro atoms. The predicted octanol–water partition coefficient (Wildman–Crippen LogP) is 2.92. The summed E-state index contributed by atoms with van der Waals surface area (Å²) in [5.74, 6) is -0.0746. The van der Waals surface area contributed by atoms with Crippen LogP contribution in [0, 0.1) is 6.92 Å². The second-order valence-electron chi connectivity index (χ2n) is 6.12. The number of carbonyl (C=O) groups is 2. The minimum Gasteiger partial charge on any atom is -0.348 e. The van der Waals surface area contributed by atoms with Gasteiger partial charge in [-0.05, 0) is 37.8 Å². The van der Waals surface area contributed by atoms with Gasteiger partial charge in [-0.15, -0.1) is 11.3 Å². The highest BCUT2D eigenvalue weighted by atomic mass is 32.1. The maximum absolute atomic E-state index is 12.4. The zero-order valence-corrected chi connectivity index (χ0v) is 14.7. The first kappa shape index (κ1) is 16.6. The Morgan fingerprint density at radius 2 is 2.17 bits per heavy atom. The molecule has 1 aliphatic heterocycles. The van der Waals surface area contributed by atoms with Crippen molar-refractivity contribution in [1.82, 2.24) is 15.2 Å². The van der Waals surface area contributed by atoms with Crippen molar-refractivity contribution in [2.24, 2.45) is 0 Å². The monoisotopic (exact) mass is 343 g/mol. The third-order valence-corrected chi connectivity index (χ3v) is 5.49. The number of amides is 2. The lowest BCUT2D eigenvalue weighted by Gasteiger charge is -2.22. The van der Waals surface area contributed by atoms with Crippen molar-refractivity contribution in [3.05, 3.63) is 41.0 Å². The third-order valence-electron chi connectivity index (χ3n) is 4.51. The fourth-order valence-electron chi connectivity index (χ4n) is 3.09. The van der Waals surface area contributed by atoms with E-state index in [1.54, 1.807) is 16.2 Å². The number of likely N-dealkylation sites (tertiary alicyclic amines) is 1. The van der Waals surface area contributed by atoms with Crippen molar-refractivity contribution in [2.75, 3.05) is 6.54 Å². The van der Waals surface area contributed by atoms with Gasteiger partial charge in [-0.3, -0.25) is 9.59 Å². The van der Waals surface area contributed by atoms with Gasteiger partial charge in [0.25, 0.3) is 0 Å². The van der Waals surface area contributed by atoms with Crippen LogP contribution in [0.15, 0.2) is 29.8 Å². The topological polar surface area (TPSA) is 62.3 Å². The van der Waals surface area contributed by atoms with Crippen LogP contribution in [0.4, 0.5) is 0 Å². The van der Waals surface area contributed by atoms with Gasteiger partial charge in [0.1, 0.15) is 6.04 Å². The average molecular weight is 343 g/mol. The summed E-state index contributed by atoms with van der Waals surface area (Å²) in [6.45, 7) is 4.63. The Morgan fingerprint density at radius 1 is 1.42 bits per heavy atom. The summed E-state index contributed by atoms with van der Waals surface area (Å²) in [4.78, 5) is 30.4. The molecule has 6 heteroatoms. The van der Waals surface area contributed by atoms with Gasteiger partial charge in [-0.25, -0.2) is 4.98 Å². The molecule has 5 nitrogen and oxygen atoms in total. The molecule has 2 atom stereocenters. The Kier molecular flexibility index (Phi) is 4.94. The van der Waals surface area contributed by atoms with Crippen LogP contribution in [0.25, 0.3) is 10.4 Å². The molecule has 2 aromatic rings. The van der Waals surface area contributed by atoms with Gasteiger partial charge >= 0.3 is 0 Å². The summed E-state index contributed by atoms with van der Waals surface area (Å²) in [5.41, 5.74) is 5.07. The van der Waals surface area contributed by atoms with E-state index in [1.165, 1.54) is 4.88 Å². The van der Waals surface area contributed by atoms with Crippen molar-refractivity contribution in [3.8, 4) is 10.4 Å². The number of nitrogens with one attached hydrogen (secondary N) is 1. The second kappa shape index (κ2) is 7.13. The van der Waals surface area contributed by atoms with Crippen molar-refractivity contribution >= 4 is 23.7 Å². The average Bonchev–Trinajstić information content (AvgIpc) is 3.23. The summed E-state index contributed by atoms with van der Waals surface area (Å²) in [7, 11) is 0. The fraction of sp³-hybridized carbons (Fsp3) is 0.389. The van der Waals surface area contributed by atoms with Crippen molar-refractivity contribution < 1.29 is 9.59 Å². The summed E-state index contributed by atoms with van der Waals surface area (Å²) in [6, 6.07) is 7.77. The highest BCUT2D eigenvalue weighted by molar-refractivity contribution is 7.13. The zero-order chi connectivity index (χ0) is 17.1. The van der Waals surface area contributed by atoms with Gasteiger partial charge in [0, 0.05) is 6.54 Å². The number of benzene rings is 1. The Bertz CT molecular complexity index is 726. The number of thiazole rings is 1. The lowest BCUT2D eigenvalue weighted by atomic mass is 10.0. The highest BCUT2D eigenvalue weighted by Crippen LogP contribution is 2.28. The van der Waals surface area contributed by atoms with Gasteiger partial charge in [0.2, 0.25) is 12.3 Å². The van der Waals surface area contributed by atoms with Gasteiger partial charge in [-0.2, -0.15) is 0 Å². The van der Waals surface area contributed by atoms with Crippen LogP contribution in [-0.4, -0.2) is 34.8 Å². The molecule has 1 aliphatic rings. The quantitative estimate of drug-likeness (QED) is 0.849. The number of rotatable bonds is 5. The Morgan fingerprint density at radius 3 is 2.79 bits per heavy atom. The van der Waals surface area contributed by atoms with Crippen LogP contribution in [0.3, 0.4) is 0 Å². The van der Waals surface area contributed by atoms with E-state index in [4.69, 9.17) is 0 Å². The second-order valence-corrected chi connectivity index (χ2v) is 6.98. The molecule has 1 aromatic carbocycles. The smallest absolute Gasteiger partial charge is 0.243 e. The van der Waals surface area contributed by atoms with E-state index in [0.717, 1.165) is 36.1 Å². The van der Waals surface area contributed by atoms with Crippen LogP contribution in [-0.2, 0) is 9.59 Å². The van der Waals surface area contributed by atoms with Crippen LogP contribution < -0.4 is 5.32 Å². The zero-order valence-electron chi connectivity index (χ0n) is 13.9. The molecule has 0 bridgehead atoms. The molecule has 2 amide bonds. The van der Waals surface area contributed by atoms with E-state index in [1.807, 2.05) is 31.5 Å². The number of nitrogens with zero attached hydrogens (tertiary/aromatic N) is 2. The molecular weight excluding hydrogens is 322 g/mol. The summed E-state index contributed by atoms with van der Waals surface area (Å²) >= 11 is 1.63. The van der Waals surface area contributed by atoms with E-state index in [2.05, 4.69) is 22.4 Å². The summed E-state index contributed by atoms with van der Waals surface area (Å²) in [5, 5.41) is 3.02. The van der Waals surface area contributed by atoms with E-state index in [0.29, 0.717) is 6.54 Å². The summed E-state index contributed by atoms with van der Waals surface area (Å²) < 4.78 is 0. The molecule has 1 fully saturated rings. The van der Waals surface area contributed by atoms with E-state index >= 15 is 0 Å². The van der Waals surface area contributed by atoms with Gasteiger partial charge in [0.05, 0.1) is 22.1 Å². The molecule has 1 saturated heterocycles. The molecule has 1 N–H and O–H groups in total. The third kappa shape index (κ3) is 3.33. The Labute approximate surface area is 145 Å². The minimum atomic E-state index is -0.330. The lowest BCUT2D eigenvalue weighted by Crippen LogP contribution is -2.43. The SMILES string of the molecule is Cc1ncsc1-c1ccc([C@H](C)NC(=O)[C@@H]2CCCN2C=O)cc1. The predicted molar refractivity (Wildman–Crippen MR) is 94.6 cm³/mol. The normalized spacial score (nSPS) is 18.4. The molecule has 0 radical (unpaired) electrons.